The highest BCUT2D eigenvalue weighted by molar-refractivity contribution is 5.41. The van der Waals surface area contributed by atoms with Gasteiger partial charge >= 0.3 is 0 Å². The van der Waals surface area contributed by atoms with Crippen LogP contribution in [0.25, 0.3) is 0 Å². The van der Waals surface area contributed by atoms with Crippen molar-refractivity contribution in [3.05, 3.63) is 11.5 Å². The van der Waals surface area contributed by atoms with E-state index in [9.17, 15) is 0 Å². The van der Waals surface area contributed by atoms with Gasteiger partial charge in [0.15, 0.2) is 0 Å². The van der Waals surface area contributed by atoms with Crippen LogP contribution in [-0.2, 0) is 6.42 Å². The largest absolute Gasteiger partial charge is 0.384 e. The zero-order chi connectivity index (χ0) is 10.3. The van der Waals surface area contributed by atoms with E-state index in [2.05, 4.69) is 30.3 Å². The first-order valence-electron chi connectivity index (χ1n) is 5.51. The van der Waals surface area contributed by atoms with Gasteiger partial charge in [0.2, 0.25) is 0 Å². The summed E-state index contributed by atoms with van der Waals surface area (Å²) in [5.74, 6) is 2.49. The molecule has 1 fully saturated rings. The highest BCUT2D eigenvalue weighted by Gasteiger charge is 2.29. The van der Waals surface area contributed by atoms with Crippen LogP contribution < -0.4 is 5.73 Å². The number of anilines is 1. The Labute approximate surface area is 85.3 Å². The van der Waals surface area contributed by atoms with Crippen molar-refractivity contribution in [3.63, 3.8) is 0 Å². The van der Waals surface area contributed by atoms with Gasteiger partial charge in [-0.3, -0.25) is 0 Å². The van der Waals surface area contributed by atoms with Crippen molar-refractivity contribution < 1.29 is 0 Å². The van der Waals surface area contributed by atoms with Crippen LogP contribution in [-0.4, -0.2) is 9.55 Å². The summed E-state index contributed by atoms with van der Waals surface area (Å²) in [6.45, 7) is 6.44. The topological polar surface area (TPSA) is 43.8 Å². The number of aryl methyl sites for hydroxylation is 1. The molecule has 0 spiro atoms. The van der Waals surface area contributed by atoms with Crippen LogP contribution in [0.5, 0.6) is 0 Å². The molecule has 1 aliphatic rings. The van der Waals surface area contributed by atoms with Crippen LogP contribution in [0.1, 0.15) is 57.1 Å². The summed E-state index contributed by atoms with van der Waals surface area (Å²) in [6.07, 6.45) is 3.52. The third-order valence-electron chi connectivity index (χ3n) is 2.82. The molecule has 1 aliphatic carbocycles. The van der Waals surface area contributed by atoms with Gasteiger partial charge in [-0.25, -0.2) is 4.98 Å². The van der Waals surface area contributed by atoms with E-state index >= 15 is 0 Å². The summed E-state index contributed by atoms with van der Waals surface area (Å²) >= 11 is 0. The van der Waals surface area contributed by atoms with Crippen molar-refractivity contribution >= 4 is 5.82 Å². The van der Waals surface area contributed by atoms with E-state index in [1.165, 1.54) is 12.8 Å². The van der Waals surface area contributed by atoms with Gasteiger partial charge in [-0.1, -0.05) is 20.8 Å². The summed E-state index contributed by atoms with van der Waals surface area (Å²) in [6, 6.07) is 0.643. The van der Waals surface area contributed by atoms with E-state index in [0.717, 1.165) is 23.8 Å². The number of nitrogens with zero attached hydrogens (tertiary/aromatic N) is 2. The Bertz CT molecular complexity index is 335. The SMILES string of the molecule is CCc1nc(C(C)C)c(N)n1C1CC1. The molecule has 0 aromatic carbocycles. The molecule has 1 saturated carbocycles. The molecule has 1 aromatic heterocycles. The molecule has 2 N–H and O–H groups in total. The second-order valence-corrected chi connectivity index (χ2v) is 4.41. The minimum Gasteiger partial charge on any atom is -0.384 e. The van der Waals surface area contributed by atoms with Gasteiger partial charge < -0.3 is 10.3 Å². The van der Waals surface area contributed by atoms with Gasteiger partial charge in [0, 0.05) is 12.5 Å². The lowest BCUT2D eigenvalue weighted by Crippen LogP contribution is -2.05. The second kappa shape index (κ2) is 3.30. The molecule has 3 heteroatoms. The summed E-state index contributed by atoms with van der Waals surface area (Å²) < 4.78 is 2.25. The van der Waals surface area contributed by atoms with E-state index in [1.54, 1.807) is 0 Å². The predicted molar refractivity (Wildman–Crippen MR) is 58.4 cm³/mol. The number of nitrogens with two attached hydrogens (primary N) is 1. The molecule has 1 heterocycles. The minimum absolute atomic E-state index is 0.431. The Kier molecular flexibility index (Phi) is 2.25. The van der Waals surface area contributed by atoms with Gasteiger partial charge in [0.1, 0.15) is 11.6 Å². The maximum atomic E-state index is 6.12. The third-order valence-corrected chi connectivity index (χ3v) is 2.82. The normalized spacial score (nSPS) is 16.6. The van der Waals surface area contributed by atoms with E-state index in [0.29, 0.717) is 12.0 Å². The Morgan fingerprint density at radius 2 is 2.14 bits per heavy atom. The van der Waals surface area contributed by atoms with Crippen molar-refractivity contribution in [1.82, 2.24) is 9.55 Å². The van der Waals surface area contributed by atoms with Crippen LogP contribution >= 0.6 is 0 Å². The van der Waals surface area contributed by atoms with E-state index in [4.69, 9.17) is 5.73 Å². The van der Waals surface area contributed by atoms with Gasteiger partial charge in [-0.2, -0.15) is 0 Å². The Morgan fingerprint density at radius 1 is 1.50 bits per heavy atom. The van der Waals surface area contributed by atoms with E-state index in [-0.39, 0.29) is 0 Å². The molecule has 0 aliphatic heterocycles. The van der Waals surface area contributed by atoms with Crippen molar-refractivity contribution in [2.24, 2.45) is 0 Å². The molecule has 0 atom stereocenters. The molecule has 0 amide bonds. The van der Waals surface area contributed by atoms with Crippen LogP contribution in [0.3, 0.4) is 0 Å². The maximum Gasteiger partial charge on any atom is 0.127 e. The molecule has 0 saturated heterocycles. The van der Waals surface area contributed by atoms with Gasteiger partial charge in [0.25, 0.3) is 0 Å². The minimum atomic E-state index is 0.431. The highest BCUT2D eigenvalue weighted by atomic mass is 15.2. The fourth-order valence-electron chi connectivity index (χ4n) is 1.93. The molecule has 1 aromatic rings. The standard InChI is InChI=1S/C11H19N3/c1-4-9-13-10(7(2)3)11(12)14(9)8-5-6-8/h7-8H,4-6,12H2,1-3H3. The second-order valence-electron chi connectivity index (χ2n) is 4.41. The average Bonchev–Trinajstić information content (AvgIpc) is 2.90. The predicted octanol–water partition coefficient (Wildman–Crippen LogP) is 2.49. The smallest absolute Gasteiger partial charge is 0.127 e. The lowest BCUT2D eigenvalue weighted by atomic mass is 10.1. The van der Waals surface area contributed by atoms with Gasteiger partial charge in [0.05, 0.1) is 5.69 Å². The lowest BCUT2D eigenvalue weighted by Gasteiger charge is -2.07. The molecule has 2 rings (SSSR count). The third kappa shape index (κ3) is 1.41. The van der Waals surface area contributed by atoms with Crippen molar-refractivity contribution in [2.45, 2.75) is 52.0 Å². The van der Waals surface area contributed by atoms with Crippen LogP contribution in [0.15, 0.2) is 0 Å². The van der Waals surface area contributed by atoms with Gasteiger partial charge in [-0.05, 0) is 18.8 Å². The summed E-state index contributed by atoms with van der Waals surface area (Å²) in [5.41, 5.74) is 7.20. The first-order chi connectivity index (χ1) is 6.65. The van der Waals surface area contributed by atoms with Crippen LogP contribution in [0.4, 0.5) is 5.82 Å². The monoisotopic (exact) mass is 193 g/mol. The fourth-order valence-corrected chi connectivity index (χ4v) is 1.93. The Balaban J connectivity index is 2.44. The lowest BCUT2D eigenvalue weighted by molar-refractivity contribution is 0.696. The molecule has 0 unspecified atom stereocenters. The first-order valence-corrected chi connectivity index (χ1v) is 5.51. The Hall–Kier alpha value is -0.990. The zero-order valence-electron chi connectivity index (χ0n) is 9.25. The number of hydrogen-bond acceptors (Lipinski definition) is 2. The summed E-state index contributed by atoms with van der Waals surface area (Å²) in [4.78, 5) is 4.63. The van der Waals surface area contributed by atoms with Crippen molar-refractivity contribution in [2.75, 3.05) is 5.73 Å². The van der Waals surface area contributed by atoms with Crippen LogP contribution in [0, 0.1) is 0 Å². The number of nitrogen functional groups attached to an aromatic ring is 1. The van der Waals surface area contributed by atoms with Crippen molar-refractivity contribution in [3.8, 4) is 0 Å². The zero-order valence-corrected chi connectivity index (χ0v) is 9.25. The first kappa shape index (κ1) is 9.56. The van der Waals surface area contributed by atoms with E-state index < -0.39 is 0 Å². The molecule has 0 bridgehead atoms. The van der Waals surface area contributed by atoms with E-state index in [1.807, 2.05) is 0 Å². The molecular weight excluding hydrogens is 174 g/mol. The number of aromatic nitrogens is 2. The number of rotatable bonds is 3. The van der Waals surface area contributed by atoms with Crippen molar-refractivity contribution in [1.29, 1.82) is 0 Å². The summed E-state index contributed by atoms with van der Waals surface area (Å²) in [7, 11) is 0. The molecule has 0 radical (unpaired) electrons. The molecule has 3 nitrogen and oxygen atoms in total. The Morgan fingerprint density at radius 3 is 2.57 bits per heavy atom. The maximum absolute atomic E-state index is 6.12. The molecular formula is C11H19N3. The highest BCUT2D eigenvalue weighted by Crippen LogP contribution is 2.40. The fraction of sp³-hybridized carbons (Fsp3) is 0.727. The molecule has 78 valence electrons. The average molecular weight is 193 g/mol. The van der Waals surface area contributed by atoms with Gasteiger partial charge in [-0.15, -0.1) is 0 Å². The number of hydrogen-bond donors (Lipinski definition) is 1. The summed E-state index contributed by atoms with van der Waals surface area (Å²) in [5, 5.41) is 0. The van der Waals surface area contributed by atoms with Crippen LogP contribution in [0.2, 0.25) is 0 Å². The molecule has 14 heavy (non-hydrogen) atoms. The number of imidazole rings is 1. The quantitative estimate of drug-likeness (QED) is 0.801.